The van der Waals surface area contributed by atoms with E-state index < -0.39 is 0 Å². The number of nitrogens with one attached hydrogen (secondary N) is 1. The average Bonchev–Trinajstić information content (AvgIpc) is 3.54. The molecule has 1 fully saturated rings. The van der Waals surface area contributed by atoms with E-state index in [9.17, 15) is 4.79 Å². The summed E-state index contributed by atoms with van der Waals surface area (Å²) < 4.78 is 12.3. The Kier molecular flexibility index (Phi) is 7.19. The molecule has 0 saturated carbocycles. The van der Waals surface area contributed by atoms with Gasteiger partial charge in [-0.1, -0.05) is 25.1 Å². The van der Waals surface area contributed by atoms with Crippen LogP contribution in [0.2, 0.25) is 0 Å². The van der Waals surface area contributed by atoms with Crippen LogP contribution in [0.4, 0.5) is 0 Å². The summed E-state index contributed by atoms with van der Waals surface area (Å²) >= 11 is 0. The normalized spacial score (nSPS) is 14.8. The van der Waals surface area contributed by atoms with Gasteiger partial charge in [-0.25, -0.2) is 4.68 Å². The van der Waals surface area contributed by atoms with Crippen LogP contribution in [0, 0.1) is 0 Å². The number of benzene rings is 1. The SMILES string of the molecule is CCc1c(C(=O)NCC(c2ccccc2OC)N2CCCC2)cnn1-c1ccc(OC)nn1. The van der Waals surface area contributed by atoms with Gasteiger partial charge in [0.2, 0.25) is 5.88 Å². The molecule has 9 heteroatoms. The molecule has 1 N–H and O–H groups in total. The highest BCUT2D eigenvalue weighted by molar-refractivity contribution is 5.95. The van der Waals surface area contributed by atoms with Crippen molar-refractivity contribution in [1.29, 1.82) is 0 Å². The molecule has 1 amide bonds. The van der Waals surface area contributed by atoms with E-state index in [1.807, 2.05) is 25.1 Å². The van der Waals surface area contributed by atoms with Gasteiger partial charge in [-0.05, 0) is 44.5 Å². The van der Waals surface area contributed by atoms with Gasteiger partial charge in [-0.3, -0.25) is 9.69 Å². The van der Waals surface area contributed by atoms with Gasteiger partial charge in [-0.2, -0.15) is 5.10 Å². The summed E-state index contributed by atoms with van der Waals surface area (Å²) in [6.45, 7) is 4.48. The number of amides is 1. The van der Waals surface area contributed by atoms with Crippen molar-refractivity contribution in [3.05, 3.63) is 59.4 Å². The average molecular weight is 451 g/mol. The van der Waals surface area contributed by atoms with E-state index >= 15 is 0 Å². The predicted molar refractivity (Wildman–Crippen MR) is 124 cm³/mol. The molecule has 3 heterocycles. The zero-order valence-corrected chi connectivity index (χ0v) is 19.3. The molecule has 1 unspecified atom stereocenters. The second kappa shape index (κ2) is 10.4. The maximum absolute atomic E-state index is 13.2. The standard InChI is InChI=1S/C24H30N6O3/c1-4-19-18(15-26-30(19)22-11-12-23(33-3)28-27-22)24(31)25-16-20(29-13-7-8-14-29)17-9-5-6-10-21(17)32-2/h5-6,9-12,15,20H,4,7-8,13-14,16H2,1-3H3,(H,25,31). The highest BCUT2D eigenvalue weighted by Gasteiger charge is 2.27. The van der Waals surface area contributed by atoms with E-state index in [0.29, 0.717) is 30.2 Å². The van der Waals surface area contributed by atoms with Crippen LogP contribution < -0.4 is 14.8 Å². The molecule has 4 rings (SSSR count). The van der Waals surface area contributed by atoms with Gasteiger partial charge in [0, 0.05) is 18.2 Å². The Morgan fingerprint density at radius 1 is 1.09 bits per heavy atom. The molecule has 1 aromatic carbocycles. The third kappa shape index (κ3) is 4.83. The Morgan fingerprint density at radius 3 is 2.55 bits per heavy atom. The lowest BCUT2D eigenvalue weighted by Crippen LogP contribution is -2.37. The van der Waals surface area contributed by atoms with Gasteiger partial charge < -0.3 is 14.8 Å². The van der Waals surface area contributed by atoms with Crippen LogP contribution >= 0.6 is 0 Å². The lowest BCUT2D eigenvalue weighted by molar-refractivity contribution is 0.0936. The number of ether oxygens (including phenoxy) is 2. The van der Waals surface area contributed by atoms with Crippen molar-refractivity contribution < 1.29 is 14.3 Å². The molecule has 0 spiro atoms. The van der Waals surface area contributed by atoms with Crippen LogP contribution in [-0.4, -0.2) is 64.6 Å². The minimum Gasteiger partial charge on any atom is -0.496 e. The Labute approximate surface area is 193 Å². The number of carbonyl (C=O) groups excluding carboxylic acids is 1. The first kappa shape index (κ1) is 22.7. The van der Waals surface area contributed by atoms with Crippen molar-refractivity contribution in [2.24, 2.45) is 0 Å². The first-order valence-electron chi connectivity index (χ1n) is 11.3. The minimum atomic E-state index is -0.154. The lowest BCUT2D eigenvalue weighted by atomic mass is 10.0. The molecular formula is C24H30N6O3. The second-order valence-corrected chi connectivity index (χ2v) is 7.92. The van der Waals surface area contributed by atoms with E-state index in [-0.39, 0.29) is 11.9 Å². The molecule has 0 bridgehead atoms. The fourth-order valence-corrected chi connectivity index (χ4v) is 4.35. The van der Waals surface area contributed by atoms with Gasteiger partial charge in [-0.15, -0.1) is 10.2 Å². The molecule has 1 aliphatic rings. The summed E-state index contributed by atoms with van der Waals surface area (Å²) in [6.07, 6.45) is 4.54. The number of aromatic nitrogens is 4. The fraction of sp³-hybridized carbons (Fsp3) is 0.417. The van der Waals surface area contributed by atoms with Crippen LogP contribution in [0.25, 0.3) is 5.82 Å². The van der Waals surface area contributed by atoms with Gasteiger partial charge >= 0.3 is 0 Å². The molecule has 1 atom stereocenters. The fourth-order valence-electron chi connectivity index (χ4n) is 4.35. The lowest BCUT2D eigenvalue weighted by Gasteiger charge is -2.29. The summed E-state index contributed by atoms with van der Waals surface area (Å²) in [4.78, 5) is 15.6. The van der Waals surface area contributed by atoms with Crippen molar-refractivity contribution in [3.8, 4) is 17.4 Å². The smallest absolute Gasteiger partial charge is 0.254 e. The molecule has 1 aliphatic heterocycles. The number of rotatable bonds is 9. The molecule has 0 radical (unpaired) electrons. The summed E-state index contributed by atoms with van der Waals surface area (Å²) in [7, 11) is 3.22. The number of para-hydroxylation sites is 1. The van der Waals surface area contributed by atoms with Crippen LogP contribution in [0.15, 0.2) is 42.6 Å². The summed E-state index contributed by atoms with van der Waals surface area (Å²) in [6, 6.07) is 11.5. The third-order valence-electron chi connectivity index (χ3n) is 6.04. The Morgan fingerprint density at radius 2 is 1.88 bits per heavy atom. The summed E-state index contributed by atoms with van der Waals surface area (Å²) in [5.74, 6) is 1.64. The zero-order chi connectivity index (χ0) is 23.2. The quantitative estimate of drug-likeness (QED) is 0.536. The topological polar surface area (TPSA) is 94.4 Å². The maximum atomic E-state index is 13.2. The molecular weight excluding hydrogens is 420 g/mol. The number of carbonyl (C=O) groups is 1. The molecule has 174 valence electrons. The van der Waals surface area contributed by atoms with Gasteiger partial charge in [0.25, 0.3) is 5.91 Å². The Balaban J connectivity index is 1.54. The molecule has 9 nitrogen and oxygen atoms in total. The monoisotopic (exact) mass is 450 g/mol. The minimum absolute atomic E-state index is 0.0418. The molecule has 2 aromatic heterocycles. The number of hydrogen-bond acceptors (Lipinski definition) is 7. The van der Waals surface area contributed by atoms with Crippen LogP contribution in [0.1, 0.15) is 47.4 Å². The van der Waals surface area contributed by atoms with Crippen molar-refractivity contribution in [1.82, 2.24) is 30.2 Å². The van der Waals surface area contributed by atoms with E-state index in [1.165, 1.54) is 7.11 Å². The van der Waals surface area contributed by atoms with E-state index in [4.69, 9.17) is 9.47 Å². The second-order valence-electron chi connectivity index (χ2n) is 7.92. The first-order valence-corrected chi connectivity index (χ1v) is 11.3. The van der Waals surface area contributed by atoms with Crippen molar-refractivity contribution in [2.75, 3.05) is 33.9 Å². The van der Waals surface area contributed by atoms with Crippen molar-refractivity contribution in [3.63, 3.8) is 0 Å². The third-order valence-corrected chi connectivity index (χ3v) is 6.04. The van der Waals surface area contributed by atoms with E-state index in [0.717, 1.165) is 42.9 Å². The maximum Gasteiger partial charge on any atom is 0.254 e. The number of nitrogens with zero attached hydrogens (tertiary/aromatic N) is 5. The Hall–Kier alpha value is -3.46. The first-order chi connectivity index (χ1) is 16.2. The number of likely N-dealkylation sites (tertiary alicyclic amines) is 1. The largest absolute Gasteiger partial charge is 0.496 e. The zero-order valence-electron chi connectivity index (χ0n) is 19.3. The van der Waals surface area contributed by atoms with Gasteiger partial charge in [0.15, 0.2) is 5.82 Å². The van der Waals surface area contributed by atoms with Crippen LogP contribution in [0.3, 0.4) is 0 Å². The van der Waals surface area contributed by atoms with Crippen LogP contribution in [0.5, 0.6) is 11.6 Å². The molecule has 33 heavy (non-hydrogen) atoms. The predicted octanol–water partition coefficient (Wildman–Crippen LogP) is 2.81. The number of hydrogen-bond donors (Lipinski definition) is 1. The van der Waals surface area contributed by atoms with E-state index in [2.05, 4.69) is 31.6 Å². The molecule has 1 saturated heterocycles. The Bertz CT molecular complexity index is 1080. The van der Waals surface area contributed by atoms with Crippen molar-refractivity contribution in [2.45, 2.75) is 32.2 Å². The molecule has 3 aromatic rings. The van der Waals surface area contributed by atoms with E-state index in [1.54, 1.807) is 30.1 Å². The molecule has 0 aliphatic carbocycles. The summed E-state index contributed by atoms with van der Waals surface area (Å²) in [5, 5.41) is 15.7. The van der Waals surface area contributed by atoms with Gasteiger partial charge in [0.05, 0.1) is 37.7 Å². The summed E-state index contributed by atoms with van der Waals surface area (Å²) in [5.41, 5.74) is 2.40. The number of methoxy groups -OCH3 is 2. The van der Waals surface area contributed by atoms with Crippen molar-refractivity contribution >= 4 is 5.91 Å². The van der Waals surface area contributed by atoms with Gasteiger partial charge in [0.1, 0.15) is 5.75 Å². The highest BCUT2D eigenvalue weighted by Crippen LogP contribution is 2.31. The van der Waals surface area contributed by atoms with Crippen LogP contribution in [-0.2, 0) is 6.42 Å². The highest BCUT2D eigenvalue weighted by atomic mass is 16.5.